The molecule has 0 aliphatic heterocycles. The normalized spacial score (nSPS) is 10.7. The van der Waals surface area contributed by atoms with E-state index < -0.39 is 5.97 Å². The molecular formula is C27H24N2O3. The summed E-state index contributed by atoms with van der Waals surface area (Å²) in [4.78, 5) is 30.1. The van der Waals surface area contributed by atoms with Crippen LogP contribution < -0.4 is 5.32 Å². The number of nitrogens with one attached hydrogen (secondary N) is 1. The number of anilines is 1. The molecule has 1 amide bonds. The Morgan fingerprint density at radius 3 is 2.28 bits per heavy atom. The van der Waals surface area contributed by atoms with Crippen LogP contribution in [-0.4, -0.2) is 23.5 Å². The number of ether oxygens (including phenoxy) is 1. The highest BCUT2D eigenvalue weighted by atomic mass is 16.5. The predicted molar refractivity (Wildman–Crippen MR) is 127 cm³/mol. The first-order chi connectivity index (χ1) is 15.4. The Morgan fingerprint density at radius 2 is 1.56 bits per heavy atom. The summed E-state index contributed by atoms with van der Waals surface area (Å²) in [6, 6.07) is 22.9. The number of hydrogen-bond acceptors (Lipinski definition) is 4. The van der Waals surface area contributed by atoms with E-state index in [1.165, 1.54) is 0 Å². The van der Waals surface area contributed by atoms with Crippen molar-refractivity contribution >= 4 is 28.5 Å². The van der Waals surface area contributed by atoms with Crippen molar-refractivity contribution in [3.63, 3.8) is 0 Å². The zero-order valence-electron chi connectivity index (χ0n) is 18.3. The lowest BCUT2D eigenvalue weighted by Gasteiger charge is -2.13. The summed E-state index contributed by atoms with van der Waals surface area (Å²) in [6.45, 7) is 5.49. The number of para-hydroxylation sites is 2. The van der Waals surface area contributed by atoms with Crippen LogP contribution in [0.15, 0.2) is 72.8 Å². The SMILES string of the molecule is Cc1ccc(-c2cc(C(=O)OCC(=O)Nc3c(C)cccc3C)c3ccccc3n2)cc1. The molecule has 160 valence electrons. The van der Waals surface area contributed by atoms with Gasteiger partial charge in [0.15, 0.2) is 6.61 Å². The van der Waals surface area contributed by atoms with Gasteiger partial charge in [0.05, 0.1) is 16.8 Å². The molecule has 0 spiro atoms. The first-order valence-electron chi connectivity index (χ1n) is 10.4. The van der Waals surface area contributed by atoms with Gasteiger partial charge in [-0.15, -0.1) is 0 Å². The highest BCUT2D eigenvalue weighted by Crippen LogP contribution is 2.26. The second kappa shape index (κ2) is 9.02. The summed E-state index contributed by atoms with van der Waals surface area (Å²) in [7, 11) is 0. The molecule has 0 atom stereocenters. The Bertz CT molecular complexity index is 1290. The minimum absolute atomic E-state index is 0.372. The highest BCUT2D eigenvalue weighted by Gasteiger charge is 2.17. The van der Waals surface area contributed by atoms with Crippen molar-refractivity contribution in [1.29, 1.82) is 0 Å². The smallest absolute Gasteiger partial charge is 0.339 e. The van der Waals surface area contributed by atoms with Crippen LogP contribution in [0.1, 0.15) is 27.0 Å². The van der Waals surface area contributed by atoms with E-state index in [0.717, 1.165) is 27.9 Å². The maximum atomic E-state index is 13.0. The number of pyridine rings is 1. The van der Waals surface area contributed by atoms with E-state index in [2.05, 4.69) is 5.32 Å². The number of carbonyl (C=O) groups excluding carboxylic acids is 2. The van der Waals surface area contributed by atoms with Gasteiger partial charge in [-0.1, -0.05) is 66.2 Å². The molecule has 5 nitrogen and oxygen atoms in total. The van der Waals surface area contributed by atoms with Crippen molar-refractivity contribution in [3.05, 3.63) is 95.1 Å². The summed E-state index contributed by atoms with van der Waals surface area (Å²) in [5.41, 5.74) is 6.44. The first kappa shape index (κ1) is 21.2. The molecule has 0 unspecified atom stereocenters. The predicted octanol–water partition coefficient (Wildman–Crippen LogP) is 5.62. The van der Waals surface area contributed by atoms with Crippen LogP contribution in [0.4, 0.5) is 5.69 Å². The van der Waals surface area contributed by atoms with Crippen LogP contribution in [0.25, 0.3) is 22.2 Å². The van der Waals surface area contributed by atoms with E-state index in [0.29, 0.717) is 22.2 Å². The monoisotopic (exact) mass is 424 g/mol. The van der Waals surface area contributed by atoms with E-state index in [-0.39, 0.29) is 12.5 Å². The van der Waals surface area contributed by atoms with Crippen molar-refractivity contribution in [2.75, 3.05) is 11.9 Å². The third kappa shape index (κ3) is 4.52. The van der Waals surface area contributed by atoms with E-state index in [1.54, 1.807) is 6.07 Å². The lowest BCUT2D eigenvalue weighted by atomic mass is 10.0. The van der Waals surface area contributed by atoms with Crippen LogP contribution in [0.2, 0.25) is 0 Å². The van der Waals surface area contributed by atoms with Crippen LogP contribution in [-0.2, 0) is 9.53 Å². The minimum atomic E-state index is -0.561. The van der Waals surface area contributed by atoms with Crippen molar-refractivity contribution in [2.45, 2.75) is 20.8 Å². The second-order valence-corrected chi connectivity index (χ2v) is 7.83. The van der Waals surface area contributed by atoms with Crippen molar-refractivity contribution < 1.29 is 14.3 Å². The van der Waals surface area contributed by atoms with Crippen LogP contribution in [0, 0.1) is 20.8 Å². The van der Waals surface area contributed by atoms with Gasteiger partial charge in [0.2, 0.25) is 0 Å². The number of aryl methyl sites for hydroxylation is 3. The standard InChI is InChI=1S/C27H24N2O3/c1-17-11-13-20(14-12-17)24-15-22(21-9-4-5-10-23(21)28-24)27(31)32-16-25(30)29-26-18(2)7-6-8-19(26)3/h4-15H,16H2,1-3H3,(H,29,30). The second-order valence-electron chi connectivity index (χ2n) is 7.83. The Balaban J connectivity index is 1.57. The average Bonchev–Trinajstić information content (AvgIpc) is 2.79. The Labute approximate surface area is 187 Å². The summed E-state index contributed by atoms with van der Waals surface area (Å²) in [5, 5.41) is 3.52. The number of rotatable bonds is 5. The highest BCUT2D eigenvalue weighted by molar-refractivity contribution is 6.05. The minimum Gasteiger partial charge on any atom is -0.452 e. The number of esters is 1. The summed E-state index contributed by atoms with van der Waals surface area (Å²) < 4.78 is 5.38. The topological polar surface area (TPSA) is 68.3 Å². The molecule has 3 aromatic carbocycles. The van der Waals surface area contributed by atoms with Crippen LogP contribution in [0.5, 0.6) is 0 Å². The van der Waals surface area contributed by atoms with Gasteiger partial charge in [-0.3, -0.25) is 4.79 Å². The number of nitrogens with zero attached hydrogens (tertiary/aromatic N) is 1. The quantitative estimate of drug-likeness (QED) is 0.422. The molecule has 1 N–H and O–H groups in total. The van der Waals surface area contributed by atoms with Gasteiger partial charge in [0.1, 0.15) is 0 Å². The van der Waals surface area contributed by atoms with Gasteiger partial charge in [-0.05, 0) is 44.0 Å². The van der Waals surface area contributed by atoms with Crippen LogP contribution in [0.3, 0.4) is 0 Å². The van der Waals surface area contributed by atoms with Crippen LogP contribution >= 0.6 is 0 Å². The lowest BCUT2D eigenvalue weighted by Crippen LogP contribution is -2.22. The van der Waals surface area contributed by atoms with E-state index in [9.17, 15) is 9.59 Å². The fraction of sp³-hybridized carbons (Fsp3) is 0.148. The van der Waals surface area contributed by atoms with Gasteiger partial charge in [-0.2, -0.15) is 0 Å². The molecule has 5 heteroatoms. The molecule has 0 aliphatic rings. The molecule has 4 aromatic rings. The van der Waals surface area contributed by atoms with Crippen molar-refractivity contribution in [3.8, 4) is 11.3 Å². The first-order valence-corrected chi connectivity index (χ1v) is 10.4. The Morgan fingerprint density at radius 1 is 0.875 bits per heavy atom. The van der Waals surface area contributed by atoms with Crippen molar-refractivity contribution in [1.82, 2.24) is 4.98 Å². The molecule has 0 fully saturated rings. The molecular weight excluding hydrogens is 400 g/mol. The Hall–Kier alpha value is -3.99. The zero-order valence-corrected chi connectivity index (χ0v) is 18.3. The third-order valence-electron chi connectivity index (χ3n) is 5.36. The van der Waals surface area contributed by atoms with Gasteiger partial charge < -0.3 is 10.1 Å². The van der Waals surface area contributed by atoms with Crippen molar-refractivity contribution in [2.24, 2.45) is 0 Å². The molecule has 0 saturated carbocycles. The number of aromatic nitrogens is 1. The third-order valence-corrected chi connectivity index (χ3v) is 5.36. The fourth-order valence-corrected chi connectivity index (χ4v) is 3.61. The summed E-state index contributed by atoms with van der Waals surface area (Å²) in [5.74, 6) is -0.943. The largest absolute Gasteiger partial charge is 0.452 e. The molecule has 0 bridgehead atoms. The number of benzene rings is 3. The van der Waals surface area contributed by atoms with Gasteiger partial charge in [-0.25, -0.2) is 9.78 Å². The number of carbonyl (C=O) groups is 2. The molecule has 0 aliphatic carbocycles. The molecule has 0 saturated heterocycles. The van der Waals surface area contributed by atoms with E-state index in [1.807, 2.05) is 87.5 Å². The number of fused-ring (bicyclic) bond motifs is 1. The fourth-order valence-electron chi connectivity index (χ4n) is 3.61. The van der Waals surface area contributed by atoms with Gasteiger partial charge in [0, 0.05) is 16.6 Å². The molecule has 0 radical (unpaired) electrons. The van der Waals surface area contributed by atoms with E-state index >= 15 is 0 Å². The maximum absolute atomic E-state index is 13.0. The average molecular weight is 425 g/mol. The summed E-state index contributed by atoms with van der Waals surface area (Å²) >= 11 is 0. The maximum Gasteiger partial charge on any atom is 0.339 e. The Kier molecular flexibility index (Phi) is 5.99. The zero-order chi connectivity index (χ0) is 22.7. The molecule has 32 heavy (non-hydrogen) atoms. The molecule has 4 rings (SSSR count). The van der Waals surface area contributed by atoms with Gasteiger partial charge >= 0.3 is 5.97 Å². The summed E-state index contributed by atoms with van der Waals surface area (Å²) in [6.07, 6.45) is 0. The molecule has 1 heterocycles. The number of hydrogen-bond donors (Lipinski definition) is 1. The molecule has 1 aromatic heterocycles. The van der Waals surface area contributed by atoms with Gasteiger partial charge in [0.25, 0.3) is 5.91 Å². The lowest BCUT2D eigenvalue weighted by molar-refractivity contribution is -0.119. The number of amides is 1. The van der Waals surface area contributed by atoms with E-state index in [4.69, 9.17) is 9.72 Å².